The third-order valence-electron chi connectivity index (χ3n) is 1.84. The maximum atomic E-state index is 11.9. The number of hydrogen-bond acceptors (Lipinski definition) is 2. The van der Waals surface area contributed by atoms with E-state index >= 15 is 0 Å². The van der Waals surface area contributed by atoms with Crippen LogP contribution in [-0.4, -0.2) is 14.2 Å². The van der Waals surface area contributed by atoms with Crippen molar-refractivity contribution in [3.05, 3.63) is 27.7 Å². The lowest BCUT2D eigenvalue weighted by Gasteiger charge is -2.19. The summed E-state index contributed by atoms with van der Waals surface area (Å²) in [6.07, 6.45) is 0. The molecule has 0 radical (unpaired) electrons. The van der Waals surface area contributed by atoms with E-state index in [-0.39, 0.29) is 11.2 Å². The highest BCUT2D eigenvalue weighted by Gasteiger charge is 2.22. The third-order valence-corrected chi connectivity index (χ3v) is 5.01. The van der Waals surface area contributed by atoms with Crippen LogP contribution in [0, 0.1) is 5.41 Å². The van der Waals surface area contributed by atoms with Crippen molar-refractivity contribution in [2.45, 2.75) is 20.8 Å². The minimum atomic E-state index is -3.37. The van der Waals surface area contributed by atoms with Crippen LogP contribution in [-0.2, 0) is 10.0 Å². The van der Waals surface area contributed by atoms with Gasteiger partial charge in [0.2, 0.25) is 10.0 Å². The van der Waals surface area contributed by atoms with Crippen molar-refractivity contribution >= 4 is 43.2 Å². The first kappa shape index (κ1) is 14.8. The first-order chi connectivity index (χ1) is 7.61. The van der Waals surface area contributed by atoms with Gasteiger partial charge in [-0.2, -0.15) is 0 Å². The highest BCUT2D eigenvalue weighted by molar-refractivity contribution is 9.10. The monoisotopic (exact) mass is 339 g/mol. The molecule has 3 nitrogen and oxygen atoms in total. The standard InChI is InChI=1S/C11H15BrClNO2S/c1-11(2,3)7-17(15,16)14-9-6-4-5-8(13)10(9)12/h4-6,14H,7H2,1-3H3. The second-order valence-electron chi connectivity index (χ2n) is 5.02. The van der Waals surface area contributed by atoms with E-state index in [9.17, 15) is 8.42 Å². The Bertz CT molecular complexity index is 509. The van der Waals surface area contributed by atoms with E-state index in [0.717, 1.165) is 0 Å². The first-order valence-electron chi connectivity index (χ1n) is 5.05. The fraction of sp³-hybridized carbons (Fsp3) is 0.455. The fourth-order valence-electron chi connectivity index (χ4n) is 1.36. The smallest absolute Gasteiger partial charge is 0.233 e. The van der Waals surface area contributed by atoms with Gasteiger partial charge in [-0.1, -0.05) is 38.4 Å². The molecule has 96 valence electrons. The van der Waals surface area contributed by atoms with Crippen LogP contribution in [0.5, 0.6) is 0 Å². The maximum absolute atomic E-state index is 11.9. The molecule has 0 aromatic heterocycles. The van der Waals surface area contributed by atoms with Gasteiger partial charge in [-0.3, -0.25) is 4.72 Å². The molecular weight excluding hydrogens is 326 g/mol. The largest absolute Gasteiger partial charge is 0.282 e. The van der Waals surface area contributed by atoms with Gasteiger partial charge in [0.25, 0.3) is 0 Å². The van der Waals surface area contributed by atoms with Crippen LogP contribution in [0.3, 0.4) is 0 Å². The van der Waals surface area contributed by atoms with Gasteiger partial charge in [-0.15, -0.1) is 0 Å². The zero-order valence-electron chi connectivity index (χ0n) is 9.92. The van der Waals surface area contributed by atoms with Crippen LogP contribution >= 0.6 is 27.5 Å². The topological polar surface area (TPSA) is 46.2 Å². The van der Waals surface area contributed by atoms with E-state index in [0.29, 0.717) is 15.2 Å². The lowest BCUT2D eigenvalue weighted by molar-refractivity contribution is 0.463. The molecule has 0 heterocycles. The molecular formula is C11H15BrClNO2S. The molecule has 0 unspecified atom stereocenters. The molecule has 0 fully saturated rings. The summed E-state index contributed by atoms with van der Waals surface area (Å²) in [6.45, 7) is 5.62. The predicted octanol–water partition coefficient (Wildman–Crippen LogP) is 3.89. The molecule has 1 rings (SSSR count). The van der Waals surface area contributed by atoms with Gasteiger partial charge >= 0.3 is 0 Å². The summed E-state index contributed by atoms with van der Waals surface area (Å²) in [4.78, 5) is 0. The van der Waals surface area contributed by atoms with Crippen LogP contribution in [0.2, 0.25) is 5.02 Å². The van der Waals surface area contributed by atoms with Gasteiger partial charge in [-0.25, -0.2) is 8.42 Å². The molecule has 0 saturated carbocycles. The molecule has 0 aliphatic heterocycles. The fourth-order valence-corrected chi connectivity index (χ4v) is 3.74. The van der Waals surface area contributed by atoms with E-state index in [4.69, 9.17) is 11.6 Å². The number of benzene rings is 1. The van der Waals surface area contributed by atoms with Crippen molar-refractivity contribution in [2.24, 2.45) is 5.41 Å². The van der Waals surface area contributed by atoms with E-state index in [2.05, 4.69) is 20.7 Å². The van der Waals surface area contributed by atoms with Crippen LogP contribution in [0.25, 0.3) is 0 Å². The van der Waals surface area contributed by atoms with Crippen molar-refractivity contribution in [1.82, 2.24) is 0 Å². The highest BCUT2D eigenvalue weighted by Crippen LogP contribution is 2.31. The first-order valence-corrected chi connectivity index (χ1v) is 7.87. The van der Waals surface area contributed by atoms with E-state index in [1.165, 1.54) is 0 Å². The van der Waals surface area contributed by atoms with Crippen molar-refractivity contribution in [3.8, 4) is 0 Å². The van der Waals surface area contributed by atoms with Gasteiger partial charge in [0.05, 0.1) is 20.9 Å². The van der Waals surface area contributed by atoms with Gasteiger partial charge in [-0.05, 0) is 33.5 Å². The molecule has 0 bridgehead atoms. The van der Waals surface area contributed by atoms with Crippen LogP contribution in [0.4, 0.5) is 5.69 Å². The molecule has 0 atom stereocenters. The zero-order chi connectivity index (χ0) is 13.3. The Morgan fingerprint density at radius 2 is 1.94 bits per heavy atom. The average Bonchev–Trinajstić information content (AvgIpc) is 2.08. The van der Waals surface area contributed by atoms with Crippen LogP contribution in [0.1, 0.15) is 20.8 Å². The summed E-state index contributed by atoms with van der Waals surface area (Å²) in [6, 6.07) is 5.05. The van der Waals surface area contributed by atoms with Gasteiger partial charge in [0.15, 0.2) is 0 Å². The summed E-state index contributed by atoms with van der Waals surface area (Å²) in [5.74, 6) is 0.0545. The van der Waals surface area contributed by atoms with Gasteiger partial charge < -0.3 is 0 Å². The number of anilines is 1. The summed E-state index contributed by atoms with van der Waals surface area (Å²) in [5, 5.41) is 0.473. The van der Waals surface area contributed by atoms with Gasteiger partial charge in [0, 0.05) is 0 Å². The average molecular weight is 341 g/mol. The van der Waals surface area contributed by atoms with Crippen LogP contribution < -0.4 is 4.72 Å². The molecule has 6 heteroatoms. The molecule has 0 aliphatic carbocycles. The zero-order valence-corrected chi connectivity index (χ0v) is 13.1. The van der Waals surface area contributed by atoms with Gasteiger partial charge in [0.1, 0.15) is 0 Å². The van der Waals surface area contributed by atoms with E-state index in [1.807, 2.05) is 20.8 Å². The van der Waals surface area contributed by atoms with Crippen molar-refractivity contribution < 1.29 is 8.42 Å². The van der Waals surface area contributed by atoms with Crippen molar-refractivity contribution in [1.29, 1.82) is 0 Å². The normalized spacial score (nSPS) is 12.5. The maximum Gasteiger partial charge on any atom is 0.233 e. The number of sulfonamides is 1. The molecule has 17 heavy (non-hydrogen) atoms. The van der Waals surface area contributed by atoms with E-state index in [1.54, 1.807) is 18.2 Å². The molecule has 1 N–H and O–H groups in total. The molecule has 0 spiro atoms. The minimum Gasteiger partial charge on any atom is -0.282 e. The Morgan fingerprint density at radius 1 is 1.35 bits per heavy atom. The van der Waals surface area contributed by atoms with Crippen LogP contribution in [0.15, 0.2) is 22.7 Å². The number of halogens is 2. The minimum absolute atomic E-state index is 0.0545. The third kappa shape index (κ3) is 4.85. The SMILES string of the molecule is CC(C)(C)CS(=O)(=O)Nc1cccc(Cl)c1Br. The van der Waals surface area contributed by atoms with E-state index < -0.39 is 10.0 Å². The Hall–Kier alpha value is -0.260. The molecule has 1 aromatic rings. The second kappa shape index (κ2) is 5.16. The summed E-state index contributed by atoms with van der Waals surface area (Å²) in [5.41, 5.74) is 0.165. The summed E-state index contributed by atoms with van der Waals surface area (Å²) < 4.78 is 26.9. The quantitative estimate of drug-likeness (QED) is 0.907. The number of rotatable bonds is 3. The van der Waals surface area contributed by atoms with Crippen molar-refractivity contribution in [2.75, 3.05) is 10.5 Å². The summed E-state index contributed by atoms with van der Waals surface area (Å²) >= 11 is 9.15. The van der Waals surface area contributed by atoms with Crippen molar-refractivity contribution in [3.63, 3.8) is 0 Å². The number of hydrogen-bond donors (Lipinski definition) is 1. The Kier molecular flexibility index (Phi) is 4.49. The summed E-state index contributed by atoms with van der Waals surface area (Å²) in [7, 11) is -3.37. The molecule has 0 aliphatic rings. The highest BCUT2D eigenvalue weighted by atomic mass is 79.9. The Morgan fingerprint density at radius 3 is 2.47 bits per heavy atom. The lowest BCUT2D eigenvalue weighted by Crippen LogP contribution is -2.26. The Balaban J connectivity index is 2.95. The molecule has 0 amide bonds. The molecule has 1 aromatic carbocycles. The predicted molar refractivity (Wildman–Crippen MR) is 76.0 cm³/mol. The Labute approximate surface area is 116 Å². The second-order valence-corrected chi connectivity index (χ2v) is 7.95. The number of nitrogens with one attached hydrogen (secondary N) is 1. The molecule has 0 saturated heterocycles. The lowest BCUT2D eigenvalue weighted by atomic mass is 10.0.